The molecule has 3 aromatic heterocycles. The number of fused-ring (bicyclic) bond motifs is 5. The molecule has 6 heterocycles. The van der Waals surface area contributed by atoms with E-state index in [0.717, 1.165) is 83.1 Å². The number of ether oxygens (including phenoxy) is 2. The highest BCUT2D eigenvalue weighted by molar-refractivity contribution is 5.94. The first-order chi connectivity index (χ1) is 21.3. The zero-order chi connectivity index (χ0) is 28.3. The minimum Gasteiger partial charge on any atom is -0.489 e. The van der Waals surface area contributed by atoms with E-state index in [9.17, 15) is 0 Å². The molecule has 0 spiro atoms. The highest BCUT2D eigenvalue weighted by Crippen LogP contribution is 2.39. The van der Waals surface area contributed by atoms with E-state index in [1.165, 1.54) is 36.0 Å². The highest BCUT2D eigenvalue weighted by Gasteiger charge is 2.45. The highest BCUT2D eigenvalue weighted by atomic mass is 16.5. The van der Waals surface area contributed by atoms with Gasteiger partial charge in [-0.25, -0.2) is 4.98 Å². The van der Waals surface area contributed by atoms with Crippen molar-refractivity contribution in [1.82, 2.24) is 25.1 Å². The fraction of sp³-hybridized carbons (Fsp3) is 0.343. The van der Waals surface area contributed by atoms with E-state index in [0.29, 0.717) is 24.7 Å². The van der Waals surface area contributed by atoms with Crippen LogP contribution >= 0.6 is 0 Å². The third-order valence-corrected chi connectivity index (χ3v) is 9.89. The van der Waals surface area contributed by atoms with Crippen LogP contribution in [-0.4, -0.2) is 69.6 Å². The summed E-state index contributed by atoms with van der Waals surface area (Å²) in [5.74, 6) is 0.852. The summed E-state index contributed by atoms with van der Waals surface area (Å²) in [6.45, 7) is 3.27. The van der Waals surface area contributed by atoms with Crippen LogP contribution in [0.1, 0.15) is 30.4 Å². The smallest absolute Gasteiger partial charge is 0.181 e. The molecule has 3 aliphatic heterocycles. The Morgan fingerprint density at radius 2 is 1.60 bits per heavy atom. The fourth-order valence-electron chi connectivity index (χ4n) is 7.69. The van der Waals surface area contributed by atoms with Gasteiger partial charge in [0.2, 0.25) is 0 Å². The molecule has 8 nitrogen and oxygen atoms in total. The predicted octanol–water partition coefficient (Wildman–Crippen LogP) is 5.88. The third-order valence-electron chi connectivity index (χ3n) is 9.89. The number of anilines is 1. The van der Waals surface area contributed by atoms with Crippen LogP contribution < -0.4 is 10.1 Å². The van der Waals surface area contributed by atoms with Crippen LogP contribution in [-0.2, 0) is 17.6 Å². The minimum absolute atomic E-state index is 0.644. The SMILES string of the molecule is c1cc2c(c(-c3ccc(-c4[nH]nc5ncc(-c6ccc7c(c6)CC[C@@H](N6C8COCC6C8)CC7)cc45)cc3)n1)NCCO2. The Balaban J connectivity index is 0.986. The summed E-state index contributed by atoms with van der Waals surface area (Å²) < 4.78 is 11.6. The molecule has 43 heavy (non-hydrogen) atoms. The maximum absolute atomic E-state index is 5.81. The topological polar surface area (TPSA) is 88.2 Å². The van der Waals surface area contributed by atoms with Gasteiger partial charge in [0, 0.05) is 65.2 Å². The summed E-state index contributed by atoms with van der Waals surface area (Å²) in [6.07, 6.45) is 9.84. The summed E-state index contributed by atoms with van der Waals surface area (Å²) in [5.41, 5.74) is 11.0. The van der Waals surface area contributed by atoms with Crippen molar-refractivity contribution in [3.63, 3.8) is 0 Å². The van der Waals surface area contributed by atoms with Crippen LogP contribution in [0.15, 0.2) is 67.0 Å². The second kappa shape index (κ2) is 10.2. The lowest BCUT2D eigenvalue weighted by Crippen LogP contribution is -2.66. The first kappa shape index (κ1) is 25.2. The van der Waals surface area contributed by atoms with Crippen LogP contribution in [0.4, 0.5) is 5.69 Å². The Hall–Kier alpha value is -4.27. The molecule has 2 saturated heterocycles. The van der Waals surface area contributed by atoms with E-state index in [2.05, 4.69) is 73.9 Å². The molecule has 3 atom stereocenters. The number of morpholine rings is 1. The molecular weight excluding hydrogens is 536 g/mol. The Kier molecular flexibility index (Phi) is 5.97. The average Bonchev–Trinajstić information content (AvgIpc) is 3.38. The number of hydrogen-bond acceptors (Lipinski definition) is 7. The molecular formula is C35H34N6O2. The van der Waals surface area contributed by atoms with Gasteiger partial charge in [0.25, 0.3) is 0 Å². The summed E-state index contributed by atoms with van der Waals surface area (Å²) in [6, 6.07) is 21.6. The lowest BCUT2D eigenvalue weighted by atomic mass is 9.87. The maximum Gasteiger partial charge on any atom is 0.181 e. The molecule has 1 aliphatic carbocycles. The molecule has 0 saturated carbocycles. The van der Waals surface area contributed by atoms with Gasteiger partial charge >= 0.3 is 0 Å². The fourth-order valence-corrected chi connectivity index (χ4v) is 7.69. The standard InChI is InChI=1S/C35H34N6O2/c1-6-25(15-24-8-10-27(9-7-21(1)24)41-28-17-29(41)20-42-19-28)26-16-30-32(39-40-35(30)38-18-26)22-2-4-23(5-3-22)33-34-31(11-12-36-33)43-14-13-37-34/h1-6,11-12,15-16,18,27-29,37H,7-10,13-14,17,19-20H2,(H,38,39,40)/t27-,28?,29?/m0/s1. The van der Waals surface area contributed by atoms with Gasteiger partial charge in [0.15, 0.2) is 5.65 Å². The summed E-state index contributed by atoms with van der Waals surface area (Å²) >= 11 is 0. The molecule has 5 aromatic rings. The Morgan fingerprint density at radius 1 is 0.791 bits per heavy atom. The van der Waals surface area contributed by atoms with Gasteiger partial charge in [0.1, 0.15) is 18.0 Å². The molecule has 0 radical (unpaired) electrons. The number of nitrogens with one attached hydrogen (secondary N) is 2. The number of aromatic nitrogens is 4. The van der Waals surface area contributed by atoms with E-state index >= 15 is 0 Å². The maximum atomic E-state index is 5.81. The number of H-pyrrole nitrogens is 1. The van der Waals surface area contributed by atoms with Crippen molar-refractivity contribution in [2.45, 2.75) is 50.2 Å². The van der Waals surface area contributed by atoms with Crippen LogP contribution in [0.3, 0.4) is 0 Å². The molecule has 2 bridgehead atoms. The molecule has 216 valence electrons. The first-order valence-corrected chi connectivity index (χ1v) is 15.6. The largest absolute Gasteiger partial charge is 0.489 e. The number of aryl methyl sites for hydroxylation is 2. The second-order valence-electron chi connectivity index (χ2n) is 12.3. The van der Waals surface area contributed by atoms with Gasteiger partial charge in [0.05, 0.1) is 24.6 Å². The lowest BCUT2D eigenvalue weighted by molar-refractivity contribution is -0.148. The molecule has 0 amide bonds. The molecule has 4 aliphatic rings. The molecule has 2 unspecified atom stereocenters. The van der Waals surface area contributed by atoms with E-state index in [1.807, 2.05) is 12.3 Å². The molecule has 8 heteroatoms. The van der Waals surface area contributed by atoms with Crippen molar-refractivity contribution in [2.75, 3.05) is 31.7 Å². The second-order valence-corrected chi connectivity index (χ2v) is 12.3. The van der Waals surface area contributed by atoms with Gasteiger partial charge in [-0.3, -0.25) is 15.0 Å². The predicted molar refractivity (Wildman–Crippen MR) is 167 cm³/mol. The van der Waals surface area contributed by atoms with Crippen molar-refractivity contribution in [3.8, 4) is 39.4 Å². The van der Waals surface area contributed by atoms with Gasteiger partial charge in [-0.2, -0.15) is 5.10 Å². The van der Waals surface area contributed by atoms with Crippen molar-refractivity contribution in [1.29, 1.82) is 0 Å². The first-order valence-electron chi connectivity index (χ1n) is 15.6. The third kappa shape index (κ3) is 4.31. The van der Waals surface area contributed by atoms with E-state index in [1.54, 1.807) is 6.20 Å². The van der Waals surface area contributed by atoms with Crippen LogP contribution in [0.25, 0.3) is 44.7 Å². The zero-order valence-corrected chi connectivity index (χ0v) is 24.1. The van der Waals surface area contributed by atoms with Crippen LogP contribution in [0.2, 0.25) is 0 Å². The van der Waals surface area contributed by atoms with Crippen molar-refractivity contribution in [2.24, 2.45) is 0 Å². The number of aromatic amines is 1. The average molecular weight is 571 g/mol. The lowest BCUT2D eigenvalue weighted by Gasteiger charge is -2.56. The number of pyridine rings is 2. The van der Waals surface area contributed by atoms with Gasteiger partial charge in [-0.15, -0.1) is 0 Å². The van der Waals surface area contributed by atoms with E-state index in [4.69, 9.17) is 14.5 Å². The molecule has 2 fully saturated rings. The molecule has 2 aromatic carbocycles. The normalized spacial score (nSPS) is 22.9. The van der Waals surface area contributed by atoms with Crippen LogP contribution in [0.5, 0.6) is 5.75 Å². The van der Waals surface area contributed by atoms with Crippen molar-refractivity contribution in [3.05, 3.63) is 78.1 Å². The van der Waals surface area contributed by atoms with E-state index in [-0.39, 0.29) is 0 Å². The van der Waals surface area contributed by atoms with Gasteiger partial charge < -0.3 is 14.8 Å². The van der Waals surface area contributed by atoms with Crippen LogP contribution in [0, 0.1) is 0 Å². The van der Waals surface area contributed by atoms with Crippen molar-refractivity contribution >= 4 is 16.7 Å². The minimum atomic E-state index is 0.644. The summed E-state index contributed by atoms with van der Waals surface area (Å²) in [7, 11) is 0. The van der Waals surface area contributed by atoms with Crippen molar-refractivity contribution < 1.29 is 9.47 Å². The quantitative estimate of drug-likeness (QED) is 0.261. The number of nitrogens with zero attached hydrogens (tertiary/aromatic N) is 4. The number of benzene rings is 2. The van der Waals surface area contributed by atoms with Gasteiger partial charge in [-0.1, -0.05) is 42.5 Å². The Labute approximate surface area is 250 Å². The molecule has 2 N–H and O–H groups in total. The summed E-state index contributed by atoms with van der Waals surface area (Å²) in [4.78, 5) is 12.2. The zero-order valence-electron chi connectivity index (χ0n) is 24.1. The van der Waals surface area contributed by atoms with E-state index < -0.39 is 0 Å². The number of rotatable bonds is 4. The monoisotopic (exact) mass is 570 g/mol. The number of hydrogen-bond donors (Lipinski definition) is 2. The van der Waals surface area contributed by atoms with Gasteiger partial charge in [-0.05, 0) is 54.9 Å². The Bertz CT molecular complexity index is 1820. The Morgan fingerprint density at radius 3 is 2.47 bits per heavy atom. The summed E-state index contributed by atoms with van der Waals surface area (Å²) in [5, 5.41) is 12.2. The molecule has 9 rings (SSSR count).